The lowest BCUT2D eigenvalue weighted by Crippen LogP contribution is -1.99. The van der Waals surface area contributed by atoms with Crippen LogP contribution in [0.4, 0.5) is 0 Å². The van der Waals surface area contributed by atoms with Crippen molar-refractivity contribution >= 4 is 23.2 Å². The first-order valence-electron chi connectivity index (χ1n) is 4.80. The summed E-state index contributed by atoms with van der Waals surface area (Å²) in [7, 11) is 0. The summed E-state index contributed by atoms with van der Waals surface area (Å²) in [4.78, 5) is 4.04. The summed E-state index contributed by atoms with van der Waals surface area (Å²) in [6, 6.07) is 7.32. The molecule has 0 radical (unpaired) electrons. The molecular formula is C12H10Cl2N2. The molecule has 82 valence electrons. The summed E-state index contributed by atoms with van der Waals surface area (Å²) < 4.78 is 0. The first kappa shape index (κ1) is 11.4. The molecule has 1 aromatic carbocycles. The fraction of sp³-hybridized carbons (Fsp3) is 0.0833. The highest BCUT2D eigenvalue weighted by Crippen LogP contribution is 2.31. The zero-order valence-electron chi connectivity index (χ0n) is 8.45. The summed E-state index contributed by atoms with van der Waals surface area (Å²) in [6.07, 6.45) is 3.47. The molecule has 1 aromatic heterocycles. The SMILES string of the molecule is NCc1cnccc1-c1ccc(Cl)cc1Cl. The van der Waals surface area contributed by atoms with Crippen LogP contribution in [0.15, 0.2) is 36.7 Å². The van der Waals surface area contributed by atoms with Crippen LogP contribution in [0.1, 0.15) is 5.56 Å². The van der Waals surface area contributed by atoms with Gasteiger partial charge in [0.1, 0.15) is 0 Å². The Morgan fingerprint density at radius 1 is 1.12 bits per heavy atom. The second kappa shape index (κ2) is 4.83. The van der Waals surface area contributed by atoms with Crippen molar-refractivity contribution in [2.45, 2.75) is 6.54 Å². The maximum atomic E-state index is 6.15. The second-order valence-electron chi connectivity index (χ2n) is 3.36. The molecule has 0 atom stereocenters. The second-order valence-corrected chi connectivity index (χ2v) is 4.20. The van der Waals surface area contributed by atoms with E-state index in [1.165, 1.54) is 0 Å². The molecule has 0 unspecified atom stereocenters. The lowest BCUT2D eigenvalue weighted by atomic mass is 10.0. The molecule has 2 aromatic rings. The van der Waals surface area contributed by atoms with Crippen LogP contribution in [0.2, 0.25) is 10.0 Å². The van der Waals surface area contributed by atoms with Gasteiger partial charge in [-0.1, -0.05) is 29.3 Å². The summed E-state index contributed by atoms with van der Waals surface area (Å²) in [6.45, 7) is 0.433. The van der Waals surface area contributed by atoms with Crippen molar-refractivity contribution in [2.24, 2.45) is 5.73 Å². The zero-order valence-corrected chi connectivity index (χ0v) is 9.96. The third kappa shape index (κ3) is 2.19. The number of hydrogen-bond acceptors (Lipinski definition) is 2. The number of rotatable bonds is 2. The van der Waals surface area contributed by atoms with E-state index < -0.39 is 0 Å². The van der Waals surface area contributed by atoms with E-state index in [2.05, 4.69) is 4.98 Å². The van der Waals surface area contributed by atoms with E-state index in [1.54, 1.807) is 18.5 Å². The monoisotopic (exact) mass is 252 g/mol. The molecule has 0 fully saturated rings. The lowest BCUT2D eigenvalue weighted by Gasteiger charge is -2.09. The number of pyridine rings is 1. The van der Waals surface area contributed by atoms with Crippen molar-refractivity contribution in [3.63, 3.8) is 0 Å². The molecule has 0 saturated carbocycles. The minimum atomic E-state index is 0.433. The maximum absolute atomic E-state index is 6.15. The van der Waals surface area contributed by atoms with Crippen LogP contribution in [-0.2, 0) is 6.54 Å². The number of aromatic nitrogens is 1. The van der Waals surface area contributed by atoms with Gasteiger partial charge in [0.05, 0.1) is 0 Å². The number of nitrogens with zero attached hydrogens (tertiary/aromatic N) is 1. The summed E-state index contributed by atoms with van der Waals surface area (Å²) >= 11 is 12.0. The third-order valence-electron chi connectivity index (χ3n) is 2.34. The standard InChI is InChI=1S/C12H10Cl2N2/c13-9-1-2-11(12(14)5-9)10-3-4-16-7-8(10)6-15/h1-5,7H,6,15H2. The summed E-state index contributed by atoms with van der Waals surface area (Å²) in [5.41, 5.74) is 8.55. The molecule has 0 aliphatic heterocycles. The van der Waals surface area contributed by atoms with Crippen LogP contribution in [0.5, 0.6) is 0 Å². The van der Waals surface area contributed by atoms with Crippen LogP contribution in [0, 0.1) is 0 Å². The molecule has 16 heavy (non-hydrogen) atoms. The highest BCUT2D eigenvalue weighted by Gasteiger charge is 2.07. The molecule has 0 spiro atoms. The fourth-order valence-corrected chi connectivity index (χ4v) is 2.07. The first-order chi connectivity index (χ1) is 7.72. The number of nitrogens with two attached hydrogens (primary N) is 1. The van der Waals surface area contributed by atoms with E-state index in [0.717, 1.165) is 16.7 Å². The average molecular weight is 253 g/mol. The van der Waals surface area contributed by atoms with Gasteiger partial charge in [-0.25, -0.2) is 0 Å². The third-order valence-corrected chi connectivity index (χ3v) is 2.89. The zero-order chi connectivity index (χ0) is 11.5. The van der Waals surface area contributed by atoms with Crippen molar-refractivity contribution in [1.82, 2.24) is 4.98 Å². The van der Waals surface area contributed by atoms with Crippen molar-refractivity contribution in [3.8, 4) is 11.1 Å². The van der Waals surface area contributed by atoms with E-state index in [4.69, 9.17) is 28.9 Å². The van der Waals surface area contributed by atoms with Gasteiger partial charge in [0, 0.05) is 34.5 Å². The van der Waals surface area contributed by atoms with Crippen molar-refractivity contribution in [1.29, 1.82) is 0 Å². The Balaban J connectivity index is 2.58. The fourth-order valence-electron chi connectivity index (χ4n) is 1.56. The van der Waals surface area contributed by atoms with E-state index in [-0.39, 0.29) is 0 Å². The normalized spacial score (nSPS) is 10.4. The summed E-state index contributed by atoms with van der Waals surface area (Å²) in [5, 5.41) is 1.24. The predicted molar refractivity (Wildman–Crippen MR) is 67.6 cm³/mol. The van der Waals surface area contributed by atoms with Crippen LogP contribution in [0.25, 0.3) is 11.1 Å². The van der Waals surface area contributed by atoms with Crippen LogP contribution in [0.3, 0.4) is 0 Å². The lowest BCUT2D eigenvalue weighted by molar-refractivity contribution is 1.05. The number of benzene rings is 1. The Hall–Kier alpha value is -1.09. The van der Waals surface area contributed by atoms with Gasteiger partial charge in [-0.3, -0.25) is 4.98 Å². The van der Waals surface area contributed by atoms with Gasteiger partial charge >= 0.3 is 0 Å². The van der Waals surface area contributed by atoms with Gasteiger partial charge in [0.15, 0.2) is 0 Å². The Morgan fingerprint density at radius 2 is 1.94 bits per heavy atom. The highest BCUT2D eigenvalue weighted by atomic mass is 35.5. The van der Waals surface area contributed by atoms with Crippen LogP contribution < -0.4 is 5.73 Å². The largest absolute Gasteiger partial charge is 0.326 e. The van der Waals surface area contributed by atoms with Crippen LogP contribution >= 0.6 is 23.2 Å². The molecule has 0 amide bonds. The quantitative estimate of drug-likeness (QED) is 0.889. The Labute approximate surface area is 104 Å². The minimum absolute atomic E-state index is 0.433. The van der Waals surface area contributed by atoms with Crippen molar-refractivity contribution < 1.29 is 0 Å². The molecule has 2 rings (SSSR count). The smallest absolute Gasteiger partial charge is 0.0499 e. The molecular weight excluding hydrogens is 243 g/mol. The van der Waals surface area contributed by atoms with Gasteiger partial charge in [0.2, 0.25) is 0 Å². The van der Waals surface area contributed by atoms with Crippen LogP contribution in [-0.4, -0.2) is 4.98 Å². The van der Waals surface area contributed by atoms with Crippen molar-refractivity contribution in [3.05, 3.63) is 52.3 Å². The minimum Gasteiger partial charge on any atom is -0.326 e. The molecule has 4 heteroatoms. The molecule has 0 aliphatic rings. The van der Waals surface area contributed by atoms with E-state index >= 15 is 0 Å². The number of hydrogen-bond donors (Lipinski definition) is 1. The van der Waals surface area contributed by atoms with E-state index in [9.17, 15) is 0 Å². The van der Waals surface area contributed by atoms with Gasteiger partial charge in [-0.2, -0.15) is 0 Å². The molecule has 2 nitrogen and oxygen atoms in total. The van der Waals surface area contributed by atoms with Gasteiger partial charge < -0.3 is 5.73 Å². The van der Waals surface area contributed by atoms with E-state index in [1.807, 2.05) is 18.2 Å². The Bertz CT molecular complexity index is 512. The predicted octanol–water partition coefficient (Wildman–Crippen LogP) is 3.51. The van der Waals surface area contributed by atoms with Gasteiger partial charge in [-0.05, 0) is 29.3 Å². The topological polar surface area (TPSA) is 38.9 Å². The molecule has 0 bridgehead atoms. The first-order valence-corrected chi connectivity index (χ1v) is 5.56. The van der Waals surface area contributed by atoms with E-state index in [0.29, 0.717) is 16.6 Å². The van der Waals surface area contributed by atoms with Gasteiger partial charge in [0.25, 0.3) is 0 Å². The Kier molecular flexibility index (Phi) is 3.44. The summed E-state index contributed by atoms with van der Waals surface area (Å²) in [5.74, 6) is 0. The molecule has 2 N–H and O–H groups in total. The molecule has 1 heterocycles. The number of halogens is 2. The molecule has 0 aliphatic carbocycles. The van der Waals surface area contributed by atoms with Crippen molar-refractivity contribution in [2.75, 3.05) is 0 Å². The van der Waals surface area contributed by atoms with Gasteiger partial charge in [-0.15, -0.1) is 0 Å². The maximum Gasteiger partial charge on any atom is 0.0499 e. The molecule has 0 saturated heterocycles. The Morgan fingerprint density at radius 3 is 2.62 bits per heavy atom. The average Bonchev–Trinajstić information content (AvgIpc) is 2.29. The highest BCUT2D eigenvalue weighted by molar-refractivity contribution is 6.36.